The second-order valence-corrected chi connectivity index (χ2v) is 6.40. The molecule has 0 radical (unpaired) electrons. The number of hydrogen-bond donors (Lipinski definition) is 2. The predicted octanol–water partition coefficient (Wildman–Crippen LogP) is 4.61. The standard InChI is InChI=1S/C11H10Cl2N2O3.C6H15N.C3H7N/c1-3-4-14-11(16)9-6(2)7(12)5-8(13)10(9)15(17)18;1-4-7(5-2)6-3;1-2-3-4/h3,5H,1,4H2,2H3,(H,14,16);4-6H2,1-3H3;2H,1,3-4H2. The van der Waals surface area contributed by atoms with E-state index in [4.69, 9.17) is 28.9 Å². The van der Waals surface area contributed by atoms with E-state index in [9.17, 15) is 14.9 Å². The summed E-state index contributed by atoms with van der Waals surface area (Å²) in [6.45, 7) is 19.2. The number of nitro groups is 1. The van der Waals surface area contributed by atoms with E-state index in [0.29, 0.717) is 12.1 Å². The Kier molecular flexibility index (Phi) is 17.1. The van der Waals surface area contributed by atoms with Gasteiger partial charge in [0.1, 0.15) is 10.6 Å². The zero-order valence-electron chi connectivity index (χ0n) is 17.6. The molecule has 1 rings (SSSR count). The molecule has 1 aromatic carbocycles. The molecule has 0 atom stereocenters. The first-order valence-corrected chi connectivity index (χ1v) is 9.97. The molecule has 3 N–H and O–H groups in total. The lowest BCUT2D eigenvalue weighted by atomic mass is 10.1. The van der Waals surface area contributed by atoms with E-state index >= 15 is 0 Å². The van der Waals surface area contributed by atoms with Crippen LogP contribution in [0.3, 0.4) is 0 Å². The molecule has 7 nitrogen and oxygen atoms in total. The number of nitrogens with two attached hydrogens (primary N) is 1. The van der Waals surface area contributed by atoms with Crippen LogP contribution in [0.25, 0.3) is 0 Å². The minimum atomic E-state index is -0.700. The van der Waals surface area contributed by atoms with Crippen molar-refractivity contribution in [3.8, 4) is 0 Å². The lowest BCUT2D eigenvalue weighted by molar-refractivity contribution is -0.385. The Morgan fingerprint density at radius 1 is 1.21 bits per heavy atom. The molecule has 9 heteroatoms. The molecule has 1 aromatic rings. The molecule has 0 bridgehead atoms. The van der Waals surface area contributed by atoms with E-state index in [1.54, 1.807) is 6.08 Å². The Bertz CT molecular complexity index is 673. The second-order valence-electron chi connectivity index (χ2n) is 5.59. The Morgan fingerprint density at radius 2 is 1.69 bits per heavy atom. The van der Waals surface area contributed by atoms with E-state index in [0.717, 1.165) is 0 Å². The highest BCUT2D eigenvalue weighted by Crippen LogP contribution is 2.35. The van der Waals surface area contributed by atoms with Crippen LogP contribution in [0.4, 0.5) is 5.69 Å². The number of nitrogens with one attached hydrogen (secondary N) is 1. The maximum absolute atomic E-state index is 11.9. The molecule has 0 aliphatic carbocycles. The third-order valence-electron chi connectivity index (χ3n) is 3.77. The van der Waals surface area contributed by atoms with Crippen LogP contribution in [0, 0.1) is 17.0 Å². The number of halogens is 2. The van der Waals surface area contributed by atoms with Crippen LogP contribution < -0.4 is 11.1 Å². The molecule has 0 aliphatic heterocycles. The largest absolute Gasteiger partial charge is 0.348 e. The number of benzene rings is 1. The van der Waals surface area contributed by atoms with E-state index in [1.165, 1.54) is 38.7 Å². The van der Waals surface area contributed by atoms with Gasteiger partial charge in [-0.2, -0.15) is 0 Å². The highest BCUT2D eigenvalue weighted by molar-refractivity contribution is 6.37. The van der Waals surface area contributed by atoms with Gasteiger partial charge in [0.2, 0.25) is 0 Å². The molecule has 0 aromatic heterocycles. The smallest absolute Gasteiger partial charge is 0.300 e. The first-order chi connectivity index (χ1) is 13.7. The van der Waals surface area contributed by atoms with Crippen molar-refractivity contribution in [3.05, 3.63) is 62.7 Å². The van der Waals surface area contributed by atoms with Crippen LogP contribution in [0.2, 0.25) is 10.0 Å². The summed E-state index contributed by atoms with van der Waals surface area (Å²) in [5.41, 5.74) is 4.65. The highest BCUT2D eigenvalue weighted by Gasteiger charge is 2.27. The van der Waals surface area contributed by atoms with Crippen LogP contribution in [-0.2, 0) is 0 Å². The van der Waals surface area contributed by atoms with Crippen molar-refractivity contribution in [1.82, 2.24) is 10.2 Å². The summed E-state index contributed by atoms with van der Waals surface area (Å²) in [6.07, 6.45) is 3.12. The number of nitro benzene ring substituents is 1. The molecule has 0 heterocycles. The Morgan fingerprint density at radius 3 is 2.00 bits per heavy atom. The topological polar surface area (TPSA) is 101 Å². The van der Waals surface area contributed by atoms with Gasteiger partial charge >= 0.3 is 5.69 Å². The van der Waals surface area contributed by atoms with Gasteiger partial charge < -0.3 is 16.0 Å². The van der Waals surface area contributed by atoms with Gasteiger partial charge in [0.25, 0.3) is 5.91 Å². The number of hydrogen-bond acceptors (Lipinski definition) is 5. The fourth-order valence-electron chi connectivity index (χ4n) is 2.08. The normalized spacial score (nSPS) is 9.52. The van der Waals surface area contributed by atoms with Gasteiger partial charge in [-0.3, -0.25) is 14.9 Å². The average Bonchev–Trinajstić information content (AvgIpc) is 2.70. The van der Waals surface area contributed by atoms with Gasteiger partial charge in [0.05, 0.1) is 4.92 Å². The molecule has 29 heavy (non-hydrogen) atoms. The summed E-state index contributed by atoms with van der Waals surface area (Å²) in [5, 5.41) is 13.5. The molecule has 0 fully saturated rings. The van der Waals surface area contributed by atoms with Crippen LogP contribution in [0.15, 0.2) is 31.4 Å². The predicted molar refractivity (Wildman–Crippen MR) is 123 cm³/mol. The number of rotatable bonds is 8. The van der Waals surface area contributed by atoms with Crippen molar-refractivity contribution in [1.29, 1.82) is 0 Å². The summed E-state index contributed by atoms with van der Waals surface area (Å²) in [5.74, 6) is -0.608. The minimum Gasteiger partial charge on any atom is -0.348 e. The quantitative estimate of drug-likeness (QED) is 0.344. The Hall–Kier alpha value is -1.93. The number of nitrogens with zero attached hydrogens (tertiary/aromatic N) is 2. The van der Waals surface area contributed by atoms with Crippen molar-refractivity contribution in [2.24, 2.45) is 5.73 Å². The first kappa shape index (κ1) is 29.3. The summed E-state index contributed by atoms with van der Waals surface area (Å²) in [6, 6.07) is 1.25. The number of carbonyl (C=O) groups excluding carboxylic acids is 1. The number of carbonyl (C=O) groups is 1. The molecular weight excluding hydrogens is 415 g/mol. The van der Waals surface area contributed by atoms with Crippen molar-refractivity contribution in [2.75, 3.05) is 32.7 Å². The summed E-state index contributed by atoms with van der Waals surface area (Å²) < 4.78 is 0. The molecule has 0 spiro atoms. The Balaban J connectivity index is 0. The van der Waals surface area contributed by atoms with E-state index < -0.39 is 16.5 Å². The third-order valence-corrected chi connectivity index (χ3v) is 4.46. The SMILES string of the molecule is C=CCN.C=CCNC(=O)c1c(C)c(Cl)cc(Cl)c1[N+](=O)[O-].CCN(CC)CC. The zero-order valence-corrected chi connectivity index (χ0v) is 19.1. The maximum Gasteiger partial charge on any atom is 0.300 e. The zero-order chi connectivity index (χ0) is 23.0. The van der Waals surface area contributed by atoms with Crippen LogP contribution >= 0.6 is 23.2 Å². The molecule has 0 saturated heterocycles. The van der Waals surface area contributed by atoms with Crippen molar-refractivity contribution < 1.29 is 9.72 Å². The highest BCUT2D eigenvalue weighted by atomic mass is 35.5. The van der Waals surface area contributed by atoms with E-state index in [2.05, 4.69) is 44.1 Å². The van der Waals surface area contributed by atoms with Gasteiger partial charge in [-0.25, -0.2) is 0 Å². The van der Waals surface area contributed by atoms with Gasteiger partial charge in [-0.05, 0) is 38.2 Å². The van der Waals surface area contributed by atoms with E-state index in [-0.39, 0.29) is 22.2 Å². The van der Waals surface area contributed by atoms with Gasteiger partial charge in [-0.1, -0.05) is 56.1 Å². The van der Waals surface area contributed by atoms with Crippen LogP contribution in [0.5, 0.6) is 0 Å². The van der Waals surface area contributed by atoms with Crippen molar-refractivity contribution in [3.63, 3.8) is 0 Å². The van der Waals surface area contributed by atoms with Crippen molar-refractivity contribution >= 4 is 34.8 Å². The third kappa shape index (κ3) is 11.0. The fraction of sp³-hybridized carbons (Fsp3) is 0.450. The molecular formula is C20H32Cl2N4O3. The first-order valence-electron chi connectivity index (χ1n) is 9.21. The molecule has 1 amide bonds. The molecule has 0 aliphatic rings. The maximum atomic E-state index is 11.9. The molecule has 164 valence electrons. The number of amides is 1. The van der Waals surface area contributed by atoms with Gasteiger partial charge in [0.15, 0.2) is 0 Å². The average molecular weight is 447 g/mol. The molecule has 0 unspecified atom stereocenters. The fourth-order valence-corrected chi connectivity index (χ4v) is 2.62. The lowest BCUT2D eigenvalue weighted by Gasteiger charge is -2.13. The molecule has 0 saturated carbocycles. The van der Waals surface area contributed by atoms with Crippen molar-refractivity contribution in [2.45, 2.75) is 27.7 Å². The lowest BCUT2D eigenvalue weighted by Crippen LogP contribution is -2.25. The Labute approximate surface area is 183 Å². The van der Waals surface area contributed by atoms with Crippen LogP contribution in [0.1, 0.15) is 36.7 Å². The minimum absolute atomic E-state index is 0.126. The van der Waals surface area contributed by atoms with E-state index in [1.807, 2.05) is 0 Å². The summed E-state index contributed by atoms with van der Waals surface area (Å²) in [7, 11) is 0. The van der Waals surface area contributed by atoms with Gasteiger partial charge in [0, 0.05) is 18.1 Å². The summed E-state index contributed by atoms with van der Waals surface area (Å²) >= 11 is 11.6. The summed E-state index contributed by atoms with van der Waals surface area (Å²) in [4.78, 5) is 24.5. The second kappa shape index (κ2) is 17.0. The van der Waals surface area contributed by atoms with Gasteiger partial charge in [-0.15, -0.1) is 13.2 Å². The monoisotopic (exact) mass is 446 g/mol. The van der Waals surface area contributed by atoms with Crippen LogP contribution in [-0.4, -0.2) is 48.5 Å².